The Morgan fingerprint density at radius 2 is 1.86 bits per heavy atom. The molecule has 0 saturated carbocycles. The van der Waals surface area contributed by atoms with E-state index in [1.54, 1.807) is 0 Å². The zero-order valence-electron chi connectivity index (χ0n) is 11.9. The highest BCUT2D eigenvalue weighted by atomic mass is 19.2. The predicted molar refractivity (Wildman–Crippen MR) is 76.0 cm³/mol. The van der Waals surface area contributed by atoms with Crippen LogP contribution in [0.2, 0.25) is 0 Å². The van der Waals surface area contributed by atoms with Crippen molar-refractivity contribution in [3.8, 4) is 0 Å². The van der Waals surface area contributed by atoms with Gasteiger partial charge in [0.25, 0.3) is 5.91 Å². The summed E-state index contributed by atoms with van der Waals surface area (Å²) in [6.07, 6.45) is 1.07. The van der Waals surface area contributed by atoms with E-state index in [2.05, 4.69) is 10.3 Å². The summed E-state index contributed by atoms with van der Waals surface area (Å²) < 4.78 is 26.5. The number of carbonyl (C=O) groups excluding carboxylic acids is 1. The lowest BCUT2D eigenvalue weighted by atomic mass is 9.84. The van der Waals surface area contributed by atoms with Crippen LogP contribution >= 0.6 is 0 Å². The highest BCUT2D eigenvalue weighted by molar-refractivity contribution is 5.94. The fourth-order valence-electron chi connectivity index (χ4n) is 1.98. The van der Waals surface area contributed by atoms with Gasteiger partial charge in [-0.1, -0.05) is 44.2 Å². The molecule has 0 unspecified atom stereocenters. The van der Waals surface area contributed by atoms with Gasteiger partial charge >= 0.3 is 0 Å². The maximum Gasteiger partial charge on any atom is 0.254 e. The molecule has 1 amide bonds. The van der Waals surface area contributed by atoms with Crippen LogP contribution < -0.4 is 5.32 Å². The first-order valence-electron chi connectivity index (χ1n) is 6.55. The van der Waals surface area contributed by atoms with E-state index >= 15 is 0 Å². The van der Waals surface area contributed by atoms with Crippen molar-refractivity contribution in [1.82, 2.24) is 10.3 Å². The summed E-state index contributed by atoms with van der Waals surface area (Å²) in [4.78, 5) is 15.1. The Morgan fingerprint density at radius 3 is 2.52 bits per heavy atom. The molecule has 5 heteroatoms. The molecule has 110 valence electrons. The highest BCUT2D eigenvalue weighted by Gasteiger charge is 2.23. The van der Waals surface area contributed by atoms with Gasteiger partial charge in [-0.3, -0.25) is 4.79 Å². The quantitative estimate of drug-likeness (QED) is 0.879. The van der Waals surface area contributed by atoms with Crippen LogP contribution in [-0.4, -0.2) is 17.4 Å². The number of nitrogens with zero attached hydrogens (tertiary/aromatic N) is 1. The summed E-state index contributed by atoms with van der Waals surface area (Å²) in [7, 11) is 0. The van der Waals surface area contributed by atoms with Crippen LogP contribution in [-0.2, 0) is 5.41 Å². The number of rotatable bonds is 4. The highest BCUT2D eigenvalue weighted by Crippen LogP contribution is 2.22. The van der Waals surface area contributed by atoms with Crippen molar-refractivity contribution in [1.29, 1.82) is 0 Å². The summed E-state index contributed by atoms with van der Waals surface area (Å²) in [6, 6.07) is 10.8. The second-order valence-electron chi connectivity index (χ2n) is 5.40. The van der Waals surface area contributed by atoms with E-state index < -0.39 is 17.7 Å². The summed E-state index contributed by atoms with van der Waals surface area (Å²) >= 11 is 0. The second kappa shape index (κ2) is 5.99. The molecule has 0 atom stereocenters. The molecule has 0 bridgehead atoms. The smallest absolute Gasteiger partial charge is 0.254 e. The number of amides is 1. The van der Waals surface area contributed by atoms with Crippen LogP contribution in [0.3, 0.4) is 0 Å². The minimum absolute atomic E-state index is 0.305. The summed E-state index contributed by atoms with van der Waals surface area (Å²) in [5.74, 6) is -3.16. The van der Waals surface area contributed by atoms with Crippen molar-refractivity contribution in [2.75, 3.05) is 6.54 Å². The minimum atomic E-state index is -1.27. The molecule has 2 aromatic rings. The van der Waals surface area contributed by atoms with Crippen molar-refractivity contribution in [2.45, 2.75) is 19.3 Å². The Morgan fingerprint density at radius 1 is 1.19 bits per heavy atom. The first-order chi connectivity index (χ1) is 9.92. The molecule has 0 saturated heterocycles. The molecule has 0 aliphatic heterocycles. The van der Waals surface area contributed by atoms with Gasteiger partial charge in [0.05, 0.1) is 5.56 Å². The number of pyridine rings is 1. The number of aromatic nitrogens is 1. The van der Waals surface area contributed by atoms with Gasteiger partial charge < -0.3 is 5.32 Å². The first-order valence-corrected chi connectivity index (χ1v) is 6.55. The fourth-order valence-corrected chi connectivity index (χ4v) is 1.98. The van der Waals surface area contributed by atoms with Gasteiger partial charge in [-0.25, -0.2) is 9.37 Å². The normalized spacial score (nSPS) is 11.2. The first kappa shape index (κ1) is 15.1. The summed E-state index contributed by atoms with van der Waals surface area (Å²) in [5, 5.41) is 2.63. The van der Waals surface area contributed by atoms with Crippen LogP contribution in [0.15, 0.2) is 42.6 Å². The lowest BCUT2D eigenvalue weighted by molar-refractivity contribution is 0.0940. The van der Waals surface area contributed by atoms with Crippen molar-refractivity contribution in [3.05, 3.63) is 65.5 Å². The predicted octanol–water partition coefficient (Wildman–Crippen LogP) is 3.07. The maximum absolute atomic E-state index is 13.5. The standard InChI is InChI=1S/C16H16F2N2O/c1-16(2,11-6-4-3-5-7-11)10-20-15(21)12-8-9-19-14(18)13(12)17/h3-9H,10H2,1-2H3,(H,20,21). The maximum atomic E-state index is 13.5. The molecule has 1 N–H and O–H groups in total. The van der Waals surface area contributed by atoms with E-state index in [1.165, 1.54) is 0 Å². The third-order valence-corrected chi connectivity index (χ3v) is 3.34. The van der Waals surface area contributed by atoms with E-state index in [0.717, 1.165) is 17.8 Å². The molecule has 3 nitrogen and oxygen atoms in total. The minimum Gasteiger partial charge on any atom is -0.351 e. The van der Waals surface area contributed by atoms with Crippen LogP contribution in [0.25, 0.3) is 0 Å². The summed E-state index contributed by atoms with van der Waals surface area (Å²) in [5.41, 5.74) is 0.386. The van der Waals surface area contributed by atoms with Gasteiger partial charge in [-0.2, -0.15) is 4.39 Å². The number of hydrogen-bond acceptors (Lipinski definition) is 2. The van der Waals surface area contributed by atoms with Gasteiger partial charge in [-0.15, -0.1) is 0 Å². The Balaban J connectivity index is 2.09. The molecular formula is C16H16F2N2O. The van der Waals surface area contributed by atoms with E-state index in [4.69, 9.17) is 0 Å². The van der Waals surface area contributed by atoms with Gasteiger partial charge in [0.15, 0.2) is 5.82 Å². The van der Waals surface area contributed by atoms with Crippen molar-refractivity contribution in [3.63, 3.8) is 0 Å². The molecule has 0 radical (unpaired) electrons. The Hall–Kier alpha value is -2.30. The van der Waals surface area contributed by atoms with Gasteiger partial charge in [-0.05, 0) is 11.6 Å². The van der Waals surface area contributed by atoms with Crippen LogP contribution in [0.4, 0.5) is 8.78 Å². The number of benzene rings is 1. The molecule has 1 aromatic heterocycles. The van der Waals surface area contributed by atoms with Gasteiger partial charge in [0.1, 0.15) is 0 Å². The number of halogens is 2. The van der Waals surface area contributed by atoms with Crippen LogP contribution in [0.1, 0.15) is 29.8 Å². The van der Waals surface area contributed by atoms with Crippen molar-refractivity contribution >= 4 is 5.91 Å². The molecule has 1 heterocycles. The van der Waals surface area contributed by atoms with E-state index in [9.17, 15) is 13.6 Å². The molecule has 0 aliphatic rings. The van der Waals surface area contributed by atoms with Crippen molar-refractivity contribution in [2.24, 2.45) is 0 Å². The van der Waals surface area contributed by atoms with Crippen LogP contribution in [0.5, 0.6) is 0 Å². The monoisotopic (exact) mass is 290 g/mol. The third-order valence-electron chi connectivity index (χ3n) is 3.34. The lowest BCUT2D eigenvalue weighted by Gasteiger charge is -2.25. The Kier molecular flexibility index (Phi) is 4.31. The molecule has 0 aliphatic carbocycles. The Labute approximate surface area is 122 Å². The molecule has 1 aromatic carbocycles. The van der Waals surface area contributed by atoms with Gasteiger partial charge in [0, 0.05) is 18.2 Å². The second-order valence-corrected chi connectivity index (χ2v) is 5.40. The van der Waals surface area contributed by atoms with Gasteiger partial charge in [0.2, 0.25) is 5.95 Å². The fraction of sp³-hybridized carbons (Fsp3) is 0.250. The van der Waals surface area contributed by atoms with E-state index in [1.807, 2.05) is 44.2 Å². The number of nitrogens with one attached hydrogen (secondary N) is 1. The number of hydrogen-bond donors (Lipinski definition) is 1. The lowest BCUT2D eigenvalue weighted by Crippen LogP contribution is -2.37. The van der Waals surface area contributed by atoms with E-state index in [-0.39, 0.29) is 11.0 Å². The zero-order chi connectivity index (χ0) is 15.5. The Bertz CT molecular complexity index is 642. The number of carbonyl (C=O) groups is 1. The van der Waals surface area contributed by atoms with Crippen LogP contribution in [0, 0.1) is 11.8 Å². The SMILES string of the molecule is CC(C)(CNC(=O)c1ccnc(F)c1F)c1ccccc1. The van der Waals surface area contributed by atoms with E-state index in [0.29, 0.717) is 6.54 Å². The molecule has 0 spiro atoms. The molecule has 2 rings (SSSR count). The molecule has 0 fully saturated rings. The molecule has 21 heavy (non-hydrogen) atoms. The average molecular weight is 290 g/mol. The zero-order valence-corrected chi connectivity index (χ0v) is 11.9. The van der Waals surface area contributed by atoms with Crippen molar-refractivity contribution < 1.29 is 13.6 Å². The third kappa shape index (κ3) is 3.42. The topological polar surface area (TPSA) is 42.0 Å². The largest absolute Gasteiger partial charge is 0.351 e. The summed E-state index contributed by atoms with van der Waals surface area (Å²) in [6.45, 7) is 4.23. The average Bonchev–Trinajstić information content (AvgIpc) is 2.49. The molecular weight excluding hydrogens is 274 g/mol.